The van der Waals surface area contributed by atoms with Crippen LogP contribution in [0.15, 0.2) is 0 Å². The van der Waals surface area contributed by atoms with Gasteiger partial charge in [-0.25, -0.2) is 0 Å². The summed E-state index contributed by atoms with van der Waals surface area (Å²) in [6.07, 6.45) is 2.76. The third kappa shape index (κ3) is 2.61. The first-order valence-corrected chi connectivity index (χ1v) is 5.94. The predicted molar refractivity (Wildman–Crippen MR) is 62.7 cm³/mol. The van der Waals surface area contributed by atoms with Crippen molar-refractivity contribution in [3.05, 3.63) is 0 Å². The third-order valence-corrected chi connectivity index (χ3v) is 3.63. The van der Waals surface area contributed by atoms with Crippen molar-refractivity contribution in [2.75, 3.05) is 13.6 Å². The van der Waals surface area contributed by atoms with Crippen LogP contribution in [0.3, 0.4) is 0 Å². The number of amides is 1. The van der Waals surface area contributed by atoms with Gasteiger partial charge in [-0.15, -0.1) is 0 Å². The number of likely N-dealkylation sites (tertiary alicyclic amines) is 1. The number of carbonyl (C=O) groups is 2. The van der Waals surface area contributed by atoms with Gasteiger partial charge in [0.2, 0.25) is 5.91 Å². The minimum atomic E-state index is -0.274. The Bertz CT molecular complexity index is 264. The van der Waals surface area contributed by atoms with Crippen LogP contribution >= 0.6 is 0 Å². The minimum absolute atomic E-state index is 0.0243. The van der Waals surface area contributed by atoms with Crippen LogP contribution in [-0.4, -0.2) is 36.7 Å². The highest BCUT2D eigenvalue weighted by atomic mass is 16.1. The van der Waals surface area contributed by atoms with Crippen LogP contribution in [-0.2, 0) is 9.59 Å². The Labute approximate surface area is 97.2 Å². The number of primary amides is 1. The Balaban J connectivity index is 2.92. The van der Waals surface area contributed by atoms with Crippen LogP contribution in [0.1, 0.15) is 26.7 Å². The average molecular weight is 226 g/mol. The van der Waals surface area contributed by atoms with E-state index in [4.69, 9.17) is 5.73 Å². The number of carbonyl (C=O) groups excluding carboxylic acids is 2. The van der Waals surface area contributed by atoms with Crippen molar-refractivity contribution >= 4 is 12.2 Å². The molecular formula is C12H22N2O2. The first-order valence-electron chi connectivity index (χ1n) is 5.94. The molecule has 0 aliphatic carbocycles. The maximum absolute atomic E-state index is 11.4. The molecule has 0 spiro atoms. The zero-order valence-electron chi connectivity index (χ0n) is 10.3. The van der Waals surface area contributed by atoms with Crippen LogP contribution in [0.4, 0.5) is 0 Å². The third-order valence-electron chi connectivity index (χ3n) is 3.63. The molecule has 92 valence electrons. The molecule has 0 aromatic heterocycles. The fourth-order valence-electron chi connectivity index (χ4n) is 2.69. The summed E-state index contributed by atoms with van der Waals surface area (Å²) in [5.74, 6) is -0.326. The van der Waals surface area contributed by atoms with E-state index < -0.39 is 0 Å². The Morgan fingerprint density at radius 3 is 2.56 bits per heavy atom. The van der Waals surface area contributed by atoms with Gasteiger partial charge in [0, 0.05) is 12.0 Å². The summed E-state index contributed by atoms with van der Waals surface area (Å²) in [4.78, 5) is 24.7. The van der Waals surface area contributed by atoms with Gasteiger partial charge in [0.15, 0.2) is 0 Å². The lowest BCUT2D eigenvalue weighted by molar-refractivity contribution is -0.128. The van der Waals surface area contributed by atoms with Crippen LogP contribution in [0.5, 0.6) is 0 Å². The van der Waals surface area contributed by atoms with E-state index in [1.54, 1.807) is 0 Å². The van der Waals surface area contributed by atoms with Crippen molar-refractivity contribution < 1.29 is 9.59 Å². The Morgan fingerprint density at radius 2 is 2.12 bits per heavy atom. The first-order chi connectivity index (χ1) is 7.49. The molecule has 3 unspecified atom stereocenters. The minimum Gasteiger partial charge on any atom is -0.369 e. The van der Waals surface area contributed by atoms with Crippen molar-refractivity contribution in [1.29, 1.82) is 0 Å². The topological polar surface area (TPSA) is 63.4 Å². The summed E-state index contributed by atoms with van der Waals surface area (Å²) < 4.78 is 0. The maximum atomic E-state index is 11.4. The van der Waals surface area contributed by atoms with E-state index in [0.717, 1.165) is 25.7 Å². The molecule has 1 fully saturated rings. The van der Waals surface area contributed by atoms with Gasteiger partial charge in [-0.2, -0.15) is 0 Å². The smallest absolute Gasteiger partial charge is 0.222 e. The molecule has 16 heavy (non-hydrogen) atoms. The highest BCUT2D eigenvalue weighted by molar-refractivity contribution is 5.78. The van der Waals surface area contributed by atoms with Gasteiger partial charge in [0.1, 0.15) is 6.29 Å². The van der Waals surface area contributed by atoms with Gasteiger partial charge < -0.3 is 15.4 Å². The van der Waals surface area contributed by atoms with Crippen molar-refractivity contribution in [1.82, 2.24) is 4.90 Å². The second kappa shape index (κ2) is 5.43. The van der Waals surface area contributed by atoms with Gasteiger partial charge in [-0.3, -0.25) is 4.79 Å². The molecule has 1 amide bonds. The Hall–Kier alpha value is -0.900. The molecule has 2 N–H and O–H groups in total. The number of rotatable bonds is 4. The summed E-state index contributed by atoms with van der Waals surface area (Å²) in [5.41, 5.74) is 5.43. The lowest BCUT2D eigenvalue weighted by Crippen LogP contribution is -2.53. The number of nitrogens with two attached hydrogens (primary N) is 1. The molecule has 3 atom stereocenters. The van der Waals surface area contributed by atoms with Gasteiger partial charge in [-0.05, 0) is 32.4 Å². The molecule has 4 heteroatoms. The lowest BCUT2D eigenvalue weighted by atomic mass is 9.77. The SMILES string of the molecule is CC(C)C(C=O)C1C(C(N)=O)CCCN1C. The first kappa shape index (κ1) is 13.2. The van der Waals surface area contributed by atoms with Crippen LogP contribution in [0.2, 0.25) is 0 Å². The quantitative estimate of drug-likeness (QED) is 0.716. The predicted octanol–water partition coefficient (Wildman–Crippen LogP) is 0.653. The fourth-order valence-corrected chi connectivity index (χ4v) is 2.69. The van der Waals surface area contributed by atoms with Gasteiger partial charge in [0.05, 0.1) is 5.92 Å². The van der Waals surface area contributed by atoms with E-state index in [1.807, 2.05) is 20.9 Å². The number of aldehydes is 1. The normalized spacial score (nSPS) is 29.0. The molecule has 1 aliphatic rings. The van der Waals surface area contributed by atoms with Crippen molar-refractivity contribution in [2.24, 2.45) is 23.5 Å². The average Bonchev–Trinajstić information content (AvgIpc) is 2.20. The molecular weight excluding hydrogens is 204 g/mol. The molecule has 1 rings (SSSR count). The van der Waals surface area contributed by atoms with Gasteiger partial charge >= 0.3 is 0 Å². The van der Waals surface area contributed by atoms with Gasteiger partial charge in [0.25, 0.3) is 0 Å². The van der Waals surface area contributed by atoms with Crippen LogP contribution in [0, 0.1) is 17.8 Å². The standard InChI is InChI=1S/C12H22N2O2/c1-8(2)10(7-15)11-9(12(13)16)5-4-6-14(11)3/h7-11H,4-6H2,1-3H3,(H2,13,16). The zero-order chi connectivity index (χ0) is 12.3. The van der Waals surface area contributed by atoms with Gasteiger partial charge in [-0.1, -0.05) is 13.8 Å². The van der Waals surface area contributed by atoms with E-state index in [1.165, 1.54) is 0 Å². The molecule has 0 radical (unpaired) electrons. The number of nitrogens with zero attached hydrogens (tertiary/aromatic N) is 1. The van der Waals surface area contributed by atoms with Crippen molar-refractivity contribution in [2.45, 2.75) is 32.7 Å². The number of piperidine rings is 1. The summed E-state index contributed by atoms with van der Waals surface area (Å²) in [6, 6.07) is -0.0243. The molecule has 0 aromatic carbocycles. The summed E-state index contributed by atoms with van der Waals surface area (Å²) in [6.45, 7) is 4.96. The molecule has 4 nitrogen and oxygen atoms in total. The van der Waals surface area contributed by atoms with Crippen molar-refractivity contribution in [3.63, 3.8) is 0 Å². The Morgan fingerprint density at radius 1 is 1.50 bits per heavy atom. The summed E-state index contributed by atoms with van der Waals surface area (Å²) >= 11 is 0. The molecule has 1 aliphatic heterocycles. The van der Waals surface area contributed by atoms with E-state index in [2.05, 4.69) is 4.90 Å². The largest absolute Gasteiger partial charge is 0.369 e. The maximum Gasteiger partial charge on any atom is 0.222 e. The monoisotopic (exact) mass is 226 g/mol. The highest BCUT2D eigenvalue weighted by Crippen LogP contribution is 2.30. The summed E-state index contributed by atoms with van der Waals surface area (Å²) in [5, 5.41) is 0. The van der Waals surface area contributed by atoms with Crippen molar-refractivity contribution in [3.8, 4) is 0 Å². The second-order valence-corrected chi connectivity index (χ2v) is 5.08. The fraction of sp³-hybridized carbons (Fsp3) is 0.833. The molecule has 1 heterocycles. The summed E-state index contributed by atoms with van der Waals surface area (Å²) in [7, 11) is 1.97. The molecule has 0 aromatic rings. The zero-order valence-corrected chi connectivity index (χ0v) is 10.3. The lowest BCUT2D eigenvalue weighted by Gasteiger charge is -2.41. The highest BCUT2D eigenvalue weighted by Gasteiger charge is 2.39. The van der Waals surface area contributed by atoms with E-state index in [9.17, 15) is 9.59 Å². The Kier molecular flexibility index (Phi) is 4.47. The number of hydrogen-bond donors (Lipinski definition) is 1. The van der Waals surface area contributed by atoms with E-state index in [-0.39, 0.29) is 29.7 Å². The number of hydrogen-bond acceptors (Lipinski definition) is 3. The molecule has 0 saturated carbocycles. The molecule has 0 bridgehead atoms. The van der Waals surface area contributed by atoms with Crippen LogP contribution < -0.4 is 5.73 Å². The van der Waals surface area contributed by atoms with Crippen LogP contribution in [0.25, 0.3) is 0 Å². The van der Waals surface area contributed by atoms with E-state index >= 15 is 0 Å². The molecule has 1 saturated heterocycles. The van der Waals surface area contributed by atoms with E-state index in [0.29, 0.717) is 0 Å². The second-order valence-electron chi connectivity index (χ2n) is 5.08.